The second-order valence-corrected chi connectivity index (χ2v) is 7.92. The number of hydrogen-bond donors (Lipinski definition) is 1. The molecule has 1 aromatic carbocycles. The van der Waals surface area contributed by atoms with Crippen molar-refractivity contribution in [1.82, 2.24) is 0 Å². The van der Waals surface area contributed by atoms with Gasteiger partial charge in [-0.05, 0) is 39.8 Å². The van der Waals surface area contributed by atoms with E-state index in [1.165, 1.54) is 6.20 Å². The van der Waals surface area contributed by atoms with Crippen LogP contribution in [-0.2, 0) is 9.84 Å². The molecule has 0 heterocycles. The van der Waals surface area contributed by atoms with E-state index in [4.69, 9.17) is 5.26 Å². The Morgan fingerprint density at radius 3 is 2.21 bits per heavy atom. The van der Waals surface area contributed by atoms with E-state index in [0.717, 1.165) is 11.3 Å². The van der Waals surface area contributed by atoms with E-state index >= 15 is 0 Å². The lowest BCUT2D eigenvalue weighted by molar-refractivity contribution is 0.568. The van der Waals surface area contributed by atoms with E-state index in [9.17, 15) is 8.42 Å². The first-order valence-corrected chi connectivity index (χ1v) is 7.35. The highest BCUT2D eigenvalue weighted by Crippen LogP contribution is 2.23. The van der Waals surface area contributed by atoms with Gasteiger partial charge >= 0.3 is 0 Å². The summed E-state index contributed by atoms with van der Waals surface area (Å²) < 4.78 is 23.3. The molecule has 0 aromatic heterocycles. The van der Waals surface area contributed by atoms with Crippen molar-refractivity contribution in [3.63, 3.8) is 0 Å². The van der Waals surface area contributed by atoms with Gasteiger partial charge in [0.15, 0.2) is 14.7 Å². The first-order chi connectivity index (χ1) is 8.68. The second kappa shape index (κ2) is 5.45. The zero-order chi connectivity index (χ0) is 14.7. The summed E-state index contributed by atoms with van der Waals surface area (Å²) in [5.74, 6) is 0. The summed E-state index contributed by atoms with van der Waals surface area (Å²) >= 11 is 0. The van der Waals surface area contributed by atoms with Crippen LogP contribution in [0.5, 0.6) is 0 Å². The minimum absolute atomic E-state index is 0.263. The molecule has 0 bridgehead atoms. The summed E-state index contributed by atoms with van der Waals surface area (Å²) in [6.45, 7) is 6.67. The van der Waals surface area contributed by atoms with Crippen molar-refractivity contribution in [2.75, 3.05) is 5.32 Å². The van der Waals surface area contributed by atoms with E-state index in [2.05, 4.69) is 5.32 Å². The standard InChI is InChI=1S/C14H18N2O2S/c1-11-5-7-12(8-6-11)16-10-13(9-15)19(17,18)14(2,3)4/h5-8,10,16H,1-4H3/b13-10+. The Kier molecular flexibility index (Phi) is 4.38. The number of aryl methyl sites for hydroxylation is 1. The molecule has 0 saturated carbocycles. The predicted molar refractivity (Wildman–Crippen MR) is 77.2 cm³/mol. The lowest BCUT2D eigenvalue weighted by atomic mass is 10.2. The fourth-order valence-electron chi connectivity index (χ4n) is 1.30. The average molecular weight is 278 g/mol. The Morgan fingerprint density at radius 1 is 1.26 bits per heavy atom. The number of allylic oxidation sites excluding steroid dienone is 1. The van der Waals surface area contributed by atoms with Crippen molar-refractivity contribution in [2.24, 2.45) is 0 Å². The van der Waals surface area contributed by atoms with Gasteiger partial charge in [0, 0.05) is 11.9 Å². The van der Waals surface area contributed by atoms with Crippen LogP contribution >= 0.6 is 0 Å². The van der Waals surface area contributed by atoms with E-state index in [1.54, 1.807) is 26.8 Å². The molecule has 1 rings (SSSR count). The molecule has 0 radical (unpaired) electrons. The maximum absolute atomic E-state index is 12.1. The van der Waals surface area contributed by atoms with Crippen molar-refractivity contribution < 1.29 is 8.42 Å². The van der Waals surface area contributed by atoms with Crippen LogP contribution in [0, 0.1) is 18.3 Å². The molecule has 0 saturated heterocycles. The third-order valence-corrected chi connectivity index (χ3v) is 5.03. The number of nitrogens with one attached hydrogen (secondary N) is 1. The van der Waals surface area contributed by atoms with Crippen molar-refractivity contribution in [3.8, 4) is 6.07 Å². The summed E-state index contributed by atoms with van der Waals surface area (Å²) in [4.78, 5) is -0.263. The van der Waals surface area contributed by atoms with Crippen LogP contribution in [-0.4, -0.2) is 13.2 Å². The summed E-state index contributed by atoms with van der Waals surface area (Å²) in [6.07, 6.45) is 1.24. The lowest BCUT2D eigenvalue weighted by Crippen LogP contribution is -2.29. The van der Waals surface area contributed by atoms with Gasteiger partial charge in [-0.1, -0.05) is 17.7 Å². The third kappa shape index (κ3) is 3.58. The fourth-order valence-corrected chi connectivity index (χ4v) is 2.29. The van der Waals surface area contributed by atoms with Crippen LogP contribution in [0.4, 0.5) is 5.69 Å². The normalized spacial score (nSPS) is 12.9. The zero-order valence-electron chi connectivity index (χ0n) is 11.6. The van der Waals surface area contributed by atoms with Crippen LogP contribution in [0.2, 0.25) is 0 Å². The molecular formula is C14H18N2O2S. The van der Waals surface area contributed by atoms with Gasteiger partial charge in [0.2, 0.25) is 0 Å². The Labute approximate surface area is 114 Å². The maximum atomic E-state index is 12.1. The second-order valence-electron chi connectivity index (χ2n) is 5.25. The first-order valence-electron chi connectivity index (χ1n) is 5.86. The minimum atomic E-state index is -3.63. The number of nitriles is 1. The van der Waals surface area contributed by atoms with Crippen LogP contribution in [0.3, 0.4) is 0 Å². The molecule has 0 unspecified atom stereocenters. The number of sulfone groups is 1. The molecule has 1 aromatic rings. The zero-order valence-corrected chi connectivity index (χ0v) is 12.4. The molecule has 0 aliphatic rings. The highest BCUT2D eigenvalue weighted by Gasteiger charge is 2.33. The first kappa shape index (κ1) is 15.3. The number of anilines is 1. The summed E-state index contributed by atoms with van der Waals surface area (Å²) in [5, 5.41) is 11.8. The molecule has 0 atom stereocenters. The molecule has 0 spiro atoms. The number of nitrogens with zero attached hydrogens (tertiary/aromatic N) is 1. The smallest absolute Gasteiger partial charge is 0.194 e. The number of rotatable bonds is 3. The van der Waals surface area contributed by atoms with Gasteiger partial charge in [0.05, 0.1) is 4.75 Å². The van der Waals surface area contributed by atoms with Crippen molar-refractivity contribution in [2.45, 2.75) is 32.4 Å². The Morgan fingerprint density at radius 2 is 1.79 bits per heavy atom. The predicted octanol–water partition coefficient (Wildman–Crippen LogP) is 2.99. The SMILES string of the molecule is Cc1ccc(N/C=C(\C#N)S(=O)(=O)C(C)(C)C)cc1. The molecule has 0 amide bonds. The van der Waals surface area contributed by atoms with Crippen molar-refractivity contribution in [3.05, 3.63) is 40.9 Å². The molecule has 19 heavy (non-hydrogen) atoms. The Bertz CT molecular complexity index is 615. The molecule has 0 aliphatic carbocycles. The van der Waals surface area contributed by atoms with Gasteiger partial charge in [-0.3, -0.25) is 0 Å². The van der Waals surface area contributed by atoms with Crippen molar-refractivity contribution >= 4 is 15.5 Å². The summed E-state index contributed by atoms with van der Waals surface area (Å²) in [7, 11) is -3.63. The van der Waals surface area contributed by atoms with E-state index < -0.39 is 14.6 Å². The van der Waals surface area contributed by atoms with Gasteiger partial charge in [-0.25, -0.2) is 8.42 Å². The van der Waals surface area contributed by atoms with Gasteiger partial charge in [-0.15, -0.1) is 0 Å². The topological polar surface area (TPSA) is 70.0 Å². The monoisotopic (exact) mass is 278 g/mol. The number of hydrogen-bond acceptors (Lipinski definition) is 4. The molecular weight excluding hydrogens is 260 g/mol. The van der Waals surface area contributed by atoms with Gasteiger partial charge in [0.1, 0.15) is 6.07 Å². The van der Waals surface area contributed by atoms with Crippen LogP contribution in [0.15, 0.2) is 35.4 Å². The summed E-state index contributed by atoms with van der Waals surface area (Å²) in [6, 6.07) is 9.20. The summed E-state index contributed by atoms with van der Waals surface area (Å²) in [5.41, 5.74) is 1.85. The quantitative estimate of drug-likeness (QED) is 0.863. The average Bonchev–Trinajstić information content (AvgIpc) is 2.30. The molecule has 0 aliphatic heterocycles. The fraction of sp³-hybridized carbons (Fsp3) is 0.357. The highest BCUT2D eigenvalue weighted by atomic mass is 32.2. The van der Waals surface area contributed by atoms with Gasteiger partial charge < -0.3 is 5.32 Å². The molecule has 4 nitrogen and oxygen atoms in total. The Balaban J connectivity index is 3.03. The van der Waals surface area contributed by atoms with Gasteiger partial charge in [-0.2, -0.15) is 5.26 Å². The highest BCUT2D eigenvalue weighted by molar-refractivity contribution is 7.96. The van der Waals surface area contributed by atoms with E-state index in [0.29, 0.717) is 0 Å². The third-order valence-electron chi connectivity index (χ3n) is 2.63. The lowest BCUT2D eigenvalue weighted by Gasteiger charge is -2.18. The van der Waals surface area contributed by atoms with E-state index in [1.807, 2.05) is 31.2 Å². The van der Waals surface area contributed by atoms with Crippen LogP contribution in [0.25, 0.3) is 0 Å². The molecule has 1 N–H and O–H groups in total. The van der Waals surface area contributed by atoms with Crippen LogP contribution in [0.1, 0.15) is 26.3 Å². The Hall–Kier alpha value is -1.80. The van der Waals surface area contributed by atoms with Gasteiger partial charge in [0.25, 0.3) is 0 Å². The van der Waals surface area contributed by atoms with Crippen LogP contribution < -0.4 is 5.32 Å². The van der Waals surface area contributed by atoms with Crippen molar-refractivity contribution in [1.29, 1.82) is 5.26 Å². The maximum Gasteiger partial charge on any atom is 0.194 e. The molecule has 102 valence electrons. The molecule has 0 fully saturated rings. The minimum Gasteiger partial charge on any atom is -0.360 e. The number of benzene rings is 1. The largest absolute Gasteiger partial charge is 0.360 e. The molecule has 5 heteroatoms. The van der Waals surface area contributed by atoms with E-state index in [-0.39, 0.29) is 4.91 Å².